The highest BCUT2D eigenvalue weighted by atomic mass is 16.2. The first-order chi connectivity index (χ1) is 6.15. The summed E-state index contributed by atoms with van der Waals surface area (Å²) in [6, 6.07) is -0.145. The van der Waals surface area contributed by atoms with Gasteiger partial charge in [0.2, 0.25) is 11.8 Å². The third kappa shape index (κ3) is 2.42. The number of hydrogen-bond acceptors (Lipinski definition) is 3. The molecule has 13 heavy (non-hydrogen) atoms. The first-order valence-electron chi connectivity index (χ1n) is 4.39. The molecule has 0 bridgehead atoms. The molecule has 1 rings (SSSR count). The van der Waals surface area contributed by atoms with Crippen molar-refractivity contribution in [3.05, 3.63) is 0 Å². The summed E-state index contributed by atoms with van der Waals surface area (Å²) in [5.41, 5.74) is 5.02. The molecule has 0 aliphatic carbocycles. The predicted octanol–water partition coefficient (Wildman–Crippen LogP) is -1.32. The fourth-order valence-corrected chi connectivity index (χ4v) is 1.55. The van der Waals surface area contributed by atoms with E-state index in [1.807, 2.05) is 0 Å². The maximum absolute atomic E-state index is 11.5. The van der Waals surface area contributed by atoms with Crippen molar-refractivity contribution in [2.45, 2.75) is 18.9 Å². The Morgan fingerprint density at radius 3 is 3.00 bits per heavy atom. The predicted molar refractivity (Wildman–Crippen MR) is 47.9 cm³/mol. The summed E-state index contributed by atoms with van der Waals surface area (Å²) >= 11 is 0. The van der Waals surface area contributed by atoms with Crippen molar-refractivity contribution in [1.29, 1.82) is 0 Å². The molecular weight excluding hydrogens is 170 g/mol. The highest BCUT2D eigenvalue weighted by Crippen LogP contribution is 2.10. The van der Waals surface area contributed by atoms with Gasteiger partial charge in [-0.25, -0.2) is 0 Å². The third-order valence-corrected chi connectivity index (χ3v) is 2.23. The minimum Gasteiger partial charge on any atom is -0.368 e. The number of carbonyl (C=O) groups excluding carboxylic acids is 2. The van der Waals surface area contributed by atoms with Gasteiger partial charge in [-0.2, -0.15) is 0 Å². The Hall–Kier alpha value is -1.10. The lowest BCUT2D eigenvalue weighted by molar-refractivity contribution is -0.139. The van der Waals surface area contributed by atoms with Crippen LogP contribution in [0.5, 0.6) is 0 Å². The van der Waals surface area contributed by atoms with Crippen molar-refractivity contribution in [2.24, 2.45) is 5.73 Å². The maximum atomic E-state index is 11.5. The second-order valence-electron chi connectivity index (χ2n) is 3.21. The molecule has 0 aromatic carbocycles. The summed E-state index contributed by atoms with van der Waals surface area (Å²) in [4.78, 5) is 23.7. The third-order valence-electron chi connectivity index (χ3n) is 2.23. The molecule has 5 nitrogen and oxygen atoms in total. The van der Waals surface area contributed by atoms with Crippen LogP contribution in [0, 0.1) is 0 Å². The molecule has 1 atom stereocenters. The van der Waals surface area contributed by atoms with Crippen molar-refractivity contribution >= 4 is 11.8 Å². The number of likely N-dealkylation sites (tertiary alicyclic amines) is 1. The number of nitrogens with zero attached hydrogens (tertiary/aromatic N) is 1. The highest BCUT2D eigenvalue weighted by Gasteiger charge is 2.27. The van der Waals surface area contributed by atoms with Crippen LogP contribution in [0.25, 0.3) is 0 Å². The summed E-state index contributed by atoms with van der Waals surface area (Å²) < 4.78 is 0. The van der Waals surface area contributed by atoms with Gasteiger partial charge in [-0.15, -0.1) is 0 Å². The van der Waals surface area contributed by atoms with Gasteiger partial charge in [-0.1, -0.05) is 0 Å². The number of piperidine rings is 1. The molecule has 0 radical (unpaired) electrons. The Morgan fingerprint density at radius 2 is 2.46 bits per heavy atom. The number of nitrogens with one attached hydrogen (secondary N) is 1. The van der Waals surface area contributed by atoms with Gasteiger partial charge < -0.3 is 16.0 Å². The van der Waals surface area contributed by atoms with E-state index in [1.165, 1.54) is 4.90 Å². The van der Waals surface area contributed by atoms with Gasteiger partial charge >= 0.3 is 0 Å². The summed E-state index contributed by atoms with van der Waals surface area (Å²) in [7, 11) is 1.75. The van der Waals surface area contributed by atoms with Crippen LogP contribution >= 0.6 is 0 Å². The van der Waals surface area contributed by atoms with Gasteiger partial charge in [0.1, 0.15) is 0 Å². The van der Waals surface area contributed by atoms with Crippen molar-refractivity contribution in [3.8, 4) is 0 Å². The van der Waals surface area contributed by atoms with Crippen molar-refractivity contribution in [1.82, 2.24) is 10.2 Å². The first kappa shape index (κ1) is 9.98. The molecule has 1 heterocycles. The van der Waals surface area contributed by atoms with Gasteiger partial charge in [0, 0.05) is 6.54 Å². The number of carbonyl (C=O) groups is 2. The molecule has 0 spiro atoms. The average molecular weight is 185 g/mol. The number of amides is 2. The Morgan fingerprint density at radius 1 is 1.77 bits per heavy atom. The monoisotopic (exact) mass is 185 g/mol. The van der Waals surface area contributed by atoms with E-state index in [9.17, 15) is 9.59 Å². The van der Waals surface area contributed by atoms with Crippen LogP contribution < -0.4 is 11.1 Å². The van der Waals surface area contributed by atoms with Crippen LogP contribution in [0.2, 0.25) is 0 Å². The molecule has 5 heteroatoms. The smallest absolute Gasteiger partial charge is 0.240 e. The summed E-state index contributed by atoms with van der Waals surface area (Å²) in [5, 5.41) is 2.91. The fraction of sp³-hybridized carbons (Fsp3) is 0.750. The molecule has 74 valence electrons. The van der Waals surface area contributed by atoms with Gasteiger partial charge in [-0.05, 0) is 19.9 Å². The fourth-order valence-electron chi connectivity index (χ4n) is 1.55. The second-order valence-corrected chi connectivity index (χ2v) is 3.21. The zero-order valence-corrected chi connectivity index (χ0v) is 7.75. The molecule has 2 amide bonds. The van der Waals surface area contributed by atoms with Crippen LogP contribution in [0.1, 0.15) is 12.8 Å². The zero-order valence-electron chi connectivity index (χ0n) is 7.75. The molecule has 1 aliphatic rings. The van der Waals surface area contributed by atoms with E-state index < -0.39 is 5.91 Å². The number of primary amides is 1. The number of hydrogen-bond donors (Lipinski definition) is 2. The summed E-state index contributed by atoms with van der Waals surface area (Å²) in [6.45, 7) is 0.678. The van der Waals surface area contributed by atoms with Crippen LogP contribution in [0.15, 0.2) is 0 Å². The normalized spacial score (nSPS) is 23.3. The van der Waals surface area contributed by atoms with E-state index in [4.69, 9.17) is 5.73 Å². The molecule has 1 unspecified atom stereocenters. The Bertz CT molecular complexity index is 217. The summed E-state index contributed by atoms with van der Waals surface area (Å²) in [5.74, 6) is -0.474. The van der Waals surface area contributed by atoms with E-state index in [2.05, 4.69) is 5.32 Å². The Balaban J connectivity index is 2.54. The summed E-state index contributed by atoms with van der Waals surface area (Å²) in [6.07, 6.45) is 1.76. The largest absolute Gasteiger partial charge is 0.368 e. The molecule has 1 aliphatic heterocycles. The SMILES string of the molecule is CNC1CCCN(CC(N)=O)C1=O. The lowest BCUT2D eigenvalue weighted by Crippen LogP contribution is -2.51. The number of likely N-dealkylation sites (N-methyl/N-ethyl adjacent to an activating group) is 1. The minimum atomic E-state index is -0.454. The van der Waals surface area contributed by atoms with Crippen LogP contribution in [-0.2, 0) is 9.59 Å². The molecule has 1 saturated heterocycles. The lowest BCUT2D eigenvalue weighted by Gasteiger charge is -2.31. The van der Waals surface area contributed by atoms with Crippen molar-refractivity contribution in [2.75, 3.05) is 20.1 Å². The Labute approximate surface area is 77.3 Å². The van der Waals surface area contributed by atoms with E-state index in [1.54, 1.807) is 7.05 Å². The second kappa shape index (κ2) is 4.23. The van der Waals surface area contributed by atoms with E-state index in [0.717, 1.165) is 12.8 Å². The molecular formula is C8H15N3O2. The highest BCUT2D eigenvalue weighted by molar-refractivity contribution is 5.87. The van der Waals surface area contributed by atoms with Crippen LogP contribution in [-0.4, -0.2) is 42.9 Å². The standard InChI is InChI=1S/C8H15N3O2/c1-10-6-3-2-4-11(8(6)13)5-7(9)12/h6,10H,2-5H2,1H3,(H2,9,12). The average Bonchev–Trinajstić information content (AvgIpc) is 2.08. The molecule has 3 N–H and O–H groups in total. The molecule has 0 aromatic heterocycles. The molecule has 0 saturated carbocycles. The van der Waals surface area contributed by atoms with Crippen molar-refractivity contribution in [3.63, 3.8) is 0 Å². The molecule has 0 aromatic rings. The van der Waals surface area contributed by atoms with Gasteiger partial charge in [0.25, 0.3) is 0 Å². The van der Waals surface area contributed by atoms with Crippen LogP contribution in [0.4, 0.5) is 0 Å². The Kier molecular flexibility index (Phi) is 3.25. The minimum absolute atomic E-state index is 0.0208. The number of rotatable bonds is 3. The van der Waals surface area contributed by atoms with E-state index in [0.29, 0.717) is 6.54 Å². The maximum Gasteiger partial charge on any atom is 0.240 e. The van der Waals surface area contributed by atoms with E-state index in [-0.39, 0.29) is 18.5 Å². The van der Waals surface area contributed by atoms with Gasteiger partial charge in [0.05, 0.1) is 12.6 Å². The zero-order chi connectivity index (χ0) is 9.84. The number of nitrogens with two attached hydrogens (primary N) is 1. The lowest BCUT2D eigenvalue weighted by atomic mass is 10.1. The quantitative estimate of drug-likeness (QED) is 0.572. The van der Waals surface area contributed by atoms with E-state index >= 15 is 0 Å². The van der Waals surface area contributed by atoms with Crippen molar-refractivity contribution < 1.29 is 9.59 Å². The first-order valence-corrected chi connectivity index (χ1v) is 4.39. The van der Waals surface area contributed by atoms with Gasteiger partial charge in [0.15, 0.2) is 0 Å². The topological polar surface area (TPSA) is 75.4 Å². The molecule has 1 fully saturated rings. The van der Waals surface area contributed by atoms with Crippen LogP contribution in [0.3, 0.4) is 0 Å². The van der Waals surface area contributed by atoms with Gasteiger partial charge in [-0.3, -0.25) is 9.59 Å².